The number of thioether (sulfide) groups is 1. The monoisotopic (exact) mass is 403 g/mol. The Bertz CT molecular complexity index is 792. The molecule has 27 heavy (non-hydrogen) atoms. The van der Waals surface area contributed by atoms with Crippen molar-refractivity contribution in [3.63, 3.8) is 0 Å². The minimum atomic E-state index is -0.579. The number of anilines is 1. The lowest BCUT2D eigenvalue weighted by Crippen LogP contribution is -2.44. The predicted molar refractivity (Wildman–Crippen MR) is 113 cm³/mol. The van der Waals surface area contributed by atoms with Gasteiger partial charge in [0, 0.05) is 10.4 Å². The first-order chi connectivity index (χ1) is 13.1. The van der Waals surface area contributed by atoms with Crippen LogP contribution >= 0.6 is 23.1 Å². The van der Waals surface area contributed by atoms with Gasteiger partial charge in [-0.05, 0) is 55.7 Å². The molecule has 1 aromatic heterocycles. The molecule has 2 amide bonds. The molecule has 0 fully saturated rings. The summed E-state index contributed by atoms with van der Waals surface area (Å²) in [6, 6.07) is 8.40. The smallest absolute Gasteiger partial charge is 0.251 e. The number of benzene rings is 1. The molecule has 5 nitrogen and oxygen atoms in total. The number of aryl methyl sites for hydroxylation is 1. The van der Waals surface area contributed by atoms with E-state index in [2.05, 4.69) is 22.5 Å². The molecule has 1 aliphatic carbocycles. The highest BCUT2D eigenvalue weighted by Crippen LogP contribution is 2.32. The number of hydrogen-bond acceptors (Lipinski definition) is 5. The molecule has 0 aliphatic heterocycles. The summed E-state index contributed by atoms with van der Waals surface area (Å²) < 4.78 is 0. The number of hydrogen-bond donors (Lipinski definition) is 2. The molecule has 0 bridgehead atoms. The summed E-state index contributed by atoms with van der Waals surface area (Å²) in [5, 5.41) is 6.43. The van der Waals surface area contributed by atoms with Gasteiger partial charge in [-0.25, -0.2) is 4.98 Å². The number of nitrogens with zero attached hydrogens (tertiary/aromatic N) is 1. The van der Waals surface area contributed by atoms with E-state index in [1.807, 2.05) is 24.5 Å². The number of carbonyl (C=O) groups is 2. The van der Waals surface area contributed by atoms with Crippen molar-refractivity contribution in [2.45, 2.75) is 38.6 Å². The second-order valence-electron chi connectivity index (χ2n) is 6.90. The summed E-state index contributed by atoms with van der Waals surface area (Å²) >= 11 is 3.22. The van der Waals surface area contributed by atoms with Gasteiger partial charge in [0.2, 0.25) is 5.91 Å². The van der Waals surface area contributed by atoms with Crippen molar-refractivity contribution in [2.24, 2.45) is 5.92 Å². The Morgan fingerprint density at radius 3 is 2.85 bits per heavy atom. The van der Waals surface area contributed by atoms with Crippen molar-refractivity contribution in [1.29, 1.82) is 0 Å². The second kappa shape index (κ2) is 9.37. The number of fused-ring (bicyclic) bond motifs is 1. The van der Waals surface area contributed by atoms with Gasteiger partial charge in [0.05, 0.1) is 5.69 Å². The molecular weight excluding hydrogens is 378 g/mol. The van der Waals surface area contributed by atoms with Crippen LogP contribution in [-0.4, -0.2) is 34.8 Å². The summed E-state index contributed by atoms with van der Waals surface area (Å²) in [5.74, 6) is 1.02. The maximum Gasteiger partial charge on any atom is 0.251 e. The first-order valence-electron chi connectivity index (χ1n) is 9.21. The van der Waals surface area contributed by atoms with Gasteiger partial charge in [-0.1, -0.05) is 25.1 Å². The SMILES string of the molecule is CSCCC(NC(=O)c1ccccc1)C(=O)Nc1nc2c(s1)CC(C)CC2. The molecule has 0 radical (unpaired) electrons. The quantitative estimate of drug-likeness (QED) is 0.738. The molecule has 0 saturated heterocycles. The van der Waals surface area contributed by atoms with Crippen molar-refractivity contribution in [2.75, 3.05) is 17.3 Å². The first kappa shape index (κ1) is 19.9. The van der Waals surface area contributed by atoms with Crippen LogP contribution in [0.4, 0.5) is 5.13 Å². The van der Waals surface area contributed by atoms with Crippen LogP contribution in [-0.2, 0) is 17.6 Å². The normalized spacial score (nSPS) is 17.0. The maximum absolute atomic E-state index is 12.8. The third-order valence-corrected chi connectivity index (χ3v) is 6.36. The van der Waals surface area contributed by atoms with Crippen LogP contribution in [0, 0.1) is 5.92 Å². The van der Waals surface area contributed by atoms with Crippen LogP contribution in [0.1, 0.15) is 40.7 Å². The van der Waals surface area contributed by atoms with E-state index in [4.69, 9.17) is 0 Å². The van der Waals surface area contributed by atoms with Crippen LogP contribution in [0.2, 0.25) is 0 Å². The van der Waals surface area contributed by atoms with Gasteiger partial charge in [-0.15, -0.1) is 11.3 Å². The summed E-state index contributed by atoms with van der Waals surface area (Å²) in [4.78, 5) is 31.1. The standard InChI is InChI=1S/C20H25N3O2S2/c1-13-8-9-15-17(12-13)27-20(22-15)23-19(25)16(10-11-26-2)21-18(24)14-6-4-3-5-7-14/h3-7,13,16H,8-12H2,1-2H3,(H,21,24)(H,22,23,25). The van der Waals surface area contributed by atoms with Gasteiger partial charge in [-0.3, -0.25) is 9.59 Å². The molecule has 1 heterocycles. The van der Waals surface area contributed by atoms with Gasteiger partial charge in [-0.2, -0.15) is 11.8 Å². The van der Waals surface area contributed by atoms with E-state index in [1.54, 1.807) is 35.2 Å². The van der Waals surface area contributed by atoms with Crippen LogP contribution < -0.4 is 10.6 Å². The zero-order valence-corrected chi connectivity index (χ0v) is 17.3. The molecule has 144 valence electrons. The predicted octanol–water partition coefficient (Wildman–Crippen LogP) is 3.76. The zero-order chi connectivity index (χ0) is 19.2. The Kier molecular flexibility index (Phi) is 6.90. The Morgan fingerprint density at radius 2 is 2.11 bits per heavy atom. The Balaban J connectivity index is 1.67. The molecule has 2 N–H and O–H groups in total. The van der Waals surface area contributed by atoms with Crippen molar-refractivity contribution >= 4 is 40.0 Å². The topological polar surface area (TPSA) is 71.1 Å². The van der Waals surface area contributed by atoms with E-state index >= 15 is 0 Å². The Hall–Kier alpha value is -1.86. The number of aromatic nitrogens is 1. The molecule has 2 atom stereocenters. The average molecular weight is 404 g/mol. The van der Waals surface area contributed by atoms with Crippen LogP contribution in [0.25, 0.3) is 0 Å². The molecule has 3 rings (SSSR count). The van der Waals surface area contributed by atoms with Gasteiger partial charge in [0.25, 0.3) is 5.91 Å². The van der Waals surface area contributed by atoms with E-state index in [0.717, 1.165) is 30.7 Å². The highest BCUT2D eigenvalue weighted by atomic mass is 32.2. The van der Waals surface area contributed by atoms with Crippen LogP contribution in [0.5, 0.6) is 0 Å². The molecule has 2 aromatic rings. The third-order valence-electron chi connectivity index (χ3n) is 4.68. The van der Waals surface area contributed by atoms with Gasteiger partial charge in [0.1, 0.15) is 6.04 Å². The molecule has 1 aliphatic rings. The van der Waals surface area contributed by atoms with E-state index < -0.39 is 6.04 Å². The number of carbonyl (C=O) groups excluding carboxylic acids is 2. The third kappa shape index (κ3) is 5.32. The van der Waals surface area contributed by atoms with Crippen molar-refractivity contribution in [3.05, 3.63) is 46.5 Å². The number of nitrogens with one attached hydrogen (secondary N) is 2. The zero-order valence-electron chi connectivity index (χ0n) is 15.7. The molecular formula is C20H25N3O2S2. The minimum absolute atomic E-state index is 0.201. The largest absolute Gasteiger partial charge is 0.340 e. The second-order valence-corrected chi connectivity index (χ2v) is 8.97. The number of thiazole rings is 1. The van der Waals surface area contributed by atoms with E-state index in [0.29, 0.717) is 23.0 Å². The van der Waals surface area contributed by atoms with Gasteiger partial charge < -0.3 is 10.6 Å². The molecule has 2 unspecified atom stereocenters. The van der Waals surface area contributed by atoms with Gasteiger partial charge in [0.15, 0.2) is 5.13 Å². The van der Waals surface area contributed by atoms with Crippen LogP contribution in [0.15, 0.2) is 30.3 Å². The molecule has 7 heteroatoms. The minimum Gasteiger partial charge on any atom is -0.340 e. The van der Waals surface area contributed by atoms with E-state index in [-0.39, 0.29) is 11.8 Å². The van der Waals surface area contributed by atoms with Crippen molar-refractivity contribution in [3.8, 4) is 0 Å². The summed E-state index contributed by atoms with van der Waals surface area (Å²) in [6.45, 7) is 2.25. The number of rotatable bonds is 7. The van der Waals surface area contributed by atoms with Crippen molar-refractivity contribution in [1.82, 2.24) is 10.3 Å². The fourth-order valence-electron chi connectivity index (χ4n) is 3.12. The lowest BCUT2D eigenvalue weighted by molar-refractivity contribution is -0.118. The highest BCUT2D eigenvalue weighted by Gasteiger charge is 2.24. The average Bonchev–Trinajstić information content (AvgIpc) is 3.06. The number of amides is 2. The van der Waals surface area contributed by atoms with E-state index in [9.17, 15) is 9.59 Å². The summed E-state index contributed by atoms with van der Waals surface area (Å²) in [6.07, 6.45) is 5.72. The fourth-order valence-corrected chi connectivity index (χ4v) is 4.77. The fraction of sp³-hybridized carbons (Fsp3) is 0.450. The highest BCUT2D eigenvalue weighted by molar-refractivity contribution is 7.98. The molecule has 0 saturated carbocycles. The lowest BCUT2D eigenvalue weighted by Gasteiger charge is -2.17. The Labute approximate surface area is 168 Å². The van der Waals surface area contributed by atoms with Crippen LogP contribution in [0.3, 0.4) is 0 Å². The maximum atomic E-state index is 12.8. The molecule has 1 aromatic carbocycles. The Morgan fingerprint density at radius 1 is 1.33 bits per heavy atom. The molecule has 0 spiro atoms. The summed E-state index contributed by atoms with van der Waals surface area (Å²) in [7, 11) is 0. The summed E-state index contributed by atoms with van der Waals surface area (Å²) in [5.41, 5.74) is 1.67. The van der Waals surface area contributed by atoms with Gasteiger partial charge >= 0.3 is 0 Å². The van der Waals surface area contributed by atoms with E-state index in [1.165, 1.54) is 4.88 Å². The van der Waals surface area contributed by atoms with Crippen molar-refractivity contribution < 1.29 is 9.59 Å². The lowest BCUT2D eigenvalue weighted by atomic mass is 9.93. The first-order valence-corrected chi connectivity index (χ1v) is 11.4.